The van der Waals surface area contributed by atoms with Crippen molar-refractivity contribution in [3.8, 4) is 0 Å². The largest absolute Gasteiger partial charge is 0.463 e. The smallest absolute Gasteiger partial charge is 0.373 e. The zero-order valence-corrected chi connectivity index (χ0v) is 13.9. The minimum absolute atomic E-state index is 0.0617. The van der Waals surface area contributed by atoms with E-state index in [1.807, 2.05) is 13.0 Å². The summed E-state index contributed by atoms with van der Waals surface area (Å²) in [6.07, 6.45) is 0. The van der Waals surface area contributed by atoms with Gasteiger partial charge in [0.15, 0.2) is 0 Å². The number of halogens is 1. The van der Waals surface area contributed by atoms with Crippen molar-refractivity contribution in [3.63, 3.8) is 0 Å². The molecule has 1 atom stereocenters. The number of hydrogen-bond donors (Lipinski definition) is 1. The van der Waals surface area contributed by atoms with Gasteiger partial charge in [-0.3, -0.25) is 0 Å². The summed E-state index contributed by atoms with van der Waals surface area (Å²) in [5, 5.41) is 3.37. The molecule has 2 aromatic rings. The van der Waals surface area contributed by atoms with E-state index in [-0.39, 0.29) is 11.8 Å². The third kappa shape index (κ3) is 3.13. The van der Waals surface area contributed by atoms with Gasteiger partial charge >= 0.3 is 5.97 Å². The highest BCUT2D eigenvalue weighted by molar-refractivity contribution is 9.11. The average Bonchev–Trinajstić information content (AvgIpc) is 3.03. The van der Waals surface area contributed by atoms with Crippen LogP contribution in [-0.2, 0) is 4.74 Å². The number of hydrogen-bond acceptors (Lipinski definition) is 5. The molecule has 0 bridgehead atoms. The molecule has 1 N–H and O–H groups in total. The molecule has 0 radical (unpaired) electrons. The van der Waals surface area contributed by atoms with Crippen LogP contribution in [0.25, 0.3) is 0 Å². The Labute approximate surface area is 130 Å². The van der Waals surface area contributed by atoms with Crippen LogP contribution >= 0.6 is 27.3 Å². The number of carbonyl (C=O) groups is 1. The summed E-state index contributed by atoms with van der Waals surface area (Å²) >= 11 is 5.19. The molecule has 2 aromatic heterocycles. The van der Waals surface area contributed by atoms with Crippen LogP contribution in [0.2, 0.25) is 0 Å². The minimum atomic E-state index is -0.463. The Bertz CT molecular complexity index is 586. The van der Waals surface area contributed by atoms with Crippen molar-refractivity contribution in [3.05, 3.63) is 43.9 Å². The molecular formula is C14H16BrNO3S. The summed E-state index contributed by atoms with van der Waals surface area (Å²) < 4.78 is 11.4. The Morgan fingerprint density at radius 1 is 1.55 bits per heavy atom. The number of furan rings is 1. The molecule has 0 aliphatic rings. The predicted octanol–water partition coefficient (Wildman–Crippen LogP) is 3.90. The first-order valence-corrected chi connectivity index (χ1v) is 7.85. The number of nitrogens with one attached hydrogen (secondary N) is 1. The Balaban J connectivity index is 2.33. The zero-order chi connectivity index (χ0) is 14.7. The number of aryl methyl sites for hydroxylation is 1. The lowest BCUT2D eigenvalue weighted by Crippen LogP contribution is -2.20. The molecule has 0 aromatic carbocycles. The van der Waals surface area contributed by atoms with Gasteiger partial charge in [-0.1, -0.05) is 6.92 Å². The molecule has 0 aliphatic carbocycles. The maximum atomic E-state index is 11.5. The van der Waals surface area contributed by atoms with Gasteiger partial charge in [0.05, 0.1) is 10.9 Å². The van der Waals surface area contributed by atoms with Crippen LogP contribution in [0.5, 0.6) is 0 Å². The fraction of sp³-hybridized carbons (Fsp3) is 0.357. The lowest BCUT2D eigenvalue weighted by Gasteiger charge is -2.13. The number of methoxy groups -OCH3 is 1. The van der Waals surface area contributed by atoms with Crippen molar-refractivity contribution in [1.29, 1.82) is 0 Å². The van der Waals surface area contributed by atoms with Crippen molar-refractivity contribution in [2.75, 3.05) is 13.7 Å². The van der Waals surface area contributed by atoms with Crippen LogP contribution in [0.1, 0.15) is 39.7 Å². The van der Waals surface area contributed by atoms with Gasteiger partial charge in [0.2, 0.25) is 5.76 Å². The van der Waals surface area contributed by atoms with Crippen molar-refractivity contribution in [1.82, 2.24) is 5.32 Å². The van der Waals surface area contributed by atoms with Crippen LogP contribution in [0.15, 0.2) is 26.4 Å². The second-order valence-corrected chi connectivity index (χ2v) is 6.69. The van der Waals surface area contributed by atoms with Gasteiger partial charge in [-0.25, -0.2) is 4.79 Å². The summed E-state index contributed by atoms with van der Waals surface area (Å²) in [4.78, 5) is 12.6. The van der Waals surface area contributed by atoms with E-state index in [1.54, 1.807) is 17.4 Å². The number of carbonyl (C=O) groups excluding carboxylic acids is 1. The average molecular weight is 358 g/mol. The lowest BCUT2D eigenvalue weighted by atomic mass is 10.1. The summed E-state index contributed by atoms with van der Waals surface area (Å²) in [7, 11) is 1.34. The van der Waals surface area contributed by atoms with Gasteiger partial charge in [0, 0.05) is 4.88 Å². The molecule has 6 heteroatoms. The molecule has 0 spiro atoms. The fourth-order valence-corrected chi connectivity index (χ4v) is 3.54. The summed E-state index contributed by atoms with van der Waals surface area (Å²) in [5.74, 6) is 0.466. The van der Waals surface area contributed by atoms with Gasteiger partial charge in [-0.15, -0.1) is 11.3 Å². The second-order valence-electron chi connectivity index (χ2n) is 4.29. The fourth-order valence-electron chi connectivity index (χ4n) is 1.89. The molecule has 2 heterocycles. The molecule has 1 unspecified atom stereocenters. The molecular weight excluding hydrogens is 342 g/mol. The molecule has 0 aliphatic heterocycles. The van der Waals surface area contributed by atoms with E-state index in [4.69, 9.17) is 4.42 Å². The first kappa shape index (κ1) is 15.3. The maximum Gasteiger partial charge on any atom is 0.373 e. The monoisotopic (exact) mass is 357 g/mol. The first-order valence-electron chi connectivity index (χ1n) is 6.24. The maximum absolute atomic E-state index is 11.5. The Morgan fingerprint density at radius 3 is 2.85 bits per heavy atom. The van der Waals surface area contributed by atoms with Gasteiger partial charge in [0.25, 0.3) is 0 Å². The van der Waals surface area contributed by atoms with Crippen LogP contribution < -0.4 is 5.32 Å². The molecule has 108 valence electrons. The zero-order valence-electron chi connectivity index (χ0n) is 11.5. The van der Waals surface area contributed by atoms with E-state index in [0.29, 0.717) is 5.76 Å². The van der Waals surface area contributed by atoms with Crippen molar-refractivity contribution >= 4 is 33.2 Å². The summed E-state index contributed by atoms with van der Waals surface area (Å²) in [5.41, 5.74) is 1.19. The highest BCUT2D eigenvalue weighted by atomic mass is 79.9. The summed E-state index contributed by atoms with van der Waals surface area (Å²) in [6, 6.07) is 5.50. The molecule has 0 amide bonds. The third-order valence-corrected chi connectivity index (χ3v) is 5.07. The standard InChI is InChI=1S/C14H16BrNO3S/c1-4-16-12(11-7-8(2)13(15)20-11)9-5-6-10(19-9)14(17)18-3/h5-7,12,16H,4H2,1-3H3. The van der Waals surface area contributed by atoms with Crippen LogP contribution in [0.3, 0.4) is 0 Å². The molecule has 0 fully saturated rings. The van der Waals surface area contributed by atoms with Crippen LogP contribution in [0.4, 0.5) is 0 Å². The SMILES string of the molecule is CCNC(c1ccc(C(=O)OC)o1)c1cc(C)c(Br)s1. The quantitative estimate of drug-likeness (QED) is 0.824. The first-order chi connectivity index (χ1) is 9.56. The second kappa shape index (κ2) is 6.56. The van der Waals surface area contributed by atoms with E-state index in [9.17, 15) is 4.79 Å². The number of ether oxygens (including phenoxy) is 1. The van der Waals surface area contributed by atoms with E-state index >= 15 is 0 Å². The van der Waals surface area contributed by atoms with Gasteiger partial charge in [0.1, 0.15) is 11.8 Å². The van der Waals surface area contributed by atoms with E-state index < -0.39 is 5.97 Å². The van der Waals surface area contributed by atoms with E-state index in [1.165, 1.54) is 12.7 Å². The Morgan fingerprint density at radius 2 is 2.30 bits per heavy atom. The van der Waals surface area contributed by atoms with E-state index in [2.05, 4.69) is 39.0 Å². The third-order valence-electron chi connectivity index (χ3n) is 2.87. The van der Waals surface area contributed by atoms with Crippen molar-refractivity contribution in [2.45, 2.75) is 19.9 Å². The molecule has 4 nitrogen and oxygen atoms in total. The Kier molecular flexibility index (Phi) is 5.01. The van der Waals surface area contributed by atoms with Gasteiger partial charge in [-0.2, -0.15) is 0 Å². The minimum Gasteiger partial charge on any atom is -0.463 e. The predicted molar refractivity (Wildman–Crippen MR) is 82.3 cm³/mol. The van der Waals surface area contributed by atoms with Crippen LogP contribution in [-0.4, -0.2) is 19.6 Å². The number of rotatable bonds is 5. The Hall–Kier alpha value is -1.11. The number of esters is 1. The van der Waals surface area contributed by atoms with Gasteiger partial charge in [-0.05, 0) is 53.2 Å². The van der Waals surface area contributed by atoms with Crippen molar-refractivity contribution in [2.24, 2.45) is 0 Å². The normalized spacial score (nSPS) is 12.4. The highest BCUT2D eigenvalue weighted by Crippen LogP contribution is 2.34. The molecule has 0 saturated carbocycles. The highest BCUT2D eigenvalue weighted by Gasteiger charge is 2.21. The summed E-state index contributed by atoms with van der Waals surface area (Å²) in [6.45, 7) is 4.88. The lowest BCUT2D eigenvalue weighted by molar-refractivity contribution is 0.0562. The van der Waals surface area contributed by atoms with E-state index in [0.717, 1.165) is 15.2 Å². The van der Waals surface area contributed by atoms with Gasteiger partial charge < -0.3 is 14.5 Å². The topological polar surface area (TPSA) is 51.5 Å². The van der Waals surface area contributed by atoms with Crippen molar-refractivity contribution < 1.29 is 13.9 Å². The number of thiophene rings is 1. The van der Waals surface area contributed by atoms with Crippen LogP contribution in [0, 0.1) is 6.92 Å². The molecule has 2 rings (SSSR count). The molecule has 0 saturated heterocycles. The molecule has 20 heavy (non-hydrogen) atoms.